The van der Waals surface area contributed by atoms with Gasteiger partial charge in [0.2, 0.25) is 0 Å². The molecule has 8 heteroatoms. The van der Waals surface area contributed by atoms with Gasteiger partial charge in [0.05, 0.1) is 0 Å². The summed E-state index contributed by atoms with van der Waals surface area (Å²) in [4.78, 5) is 20.9. The molecule has 0 aromatic heterocycles. The summed E-state index contributed by atoms with van der Waals surface area (Å²) in [7, 11) is 0. The highest BCUT2D eigenvalue weighted by Gasteiger charge is 2.15. The Balaban J connectivity index is 0.000000260. The Morgan fingerprint density at radius 1 is 0.885 bits per heavy atom. The molecule has 0 aliphatic carbocycles. The minimum Gasteiger partial charge on any atom is -0.508 e. The lowest BCUT2D eigenvalue weighted by Gasteiger charge is -2.09. The second-order valence-corrected chi connectivity index (χ2v) is 5.52. The molecule has 26 heavy (non-hydrogen) atoms. The lowest BCUT2D eigenvalue weighted by Crippen LogP contribution is -2.36. The van der Waals surface area contributed by atoms with Gasteiger partial charge in [0.25, 0.3) is 0 Å². The predicted octanol–water partition coefficient (Wildman–Crippen LogP) is 1.01. The molecular weight excluding hydrogens is 340 g/mol. The molecule has 2 aromatic carbocycles. The Labute approximate surface area is 150 Å². The summed E-state index contributed by atoms with van der Waals surface area (Å²) in [6.45, 7) is 0. The Morgan fingerprint density at radius 2 is 1.42 bits per heavy atom. The summed E-state index contributed by atoms with van der Waals surface area (Å²) >= 11 is 0. The molecule has 140 valence electrons. The minimum atomic E-state index is -1.06. The Morgan fingerprint density at radius 3 is 1.88 bits per heavy atom. The van der Waals surface area contributed by atoms with Crippen LogP contribution in [0.15, 0.2) is 54.6 Å². The van der Waals surface area contributed by atoms with Crippen LogP contribution in [0, 0.1) is 0 Å². The number of rotatable bonds is 7. The molecule has 0 fully saturated rings. The number of carboxylic acids is 2. The normalized spacial score (nSPS) is 12.4. The Hall–Kier alpha value is -2.94. The van der Waals surface area contributed by atoms with E-state index in [-0.39, 0.29) is 18.6 Å². The largest absolute Gasteiger partial charge is 0.508 e. The zero-order valence-electron chi connectivity index (χ0n) is 13.9. The predicted molar refractivity (Wildman–Crippen MR) is 93.9 cm³/mol. The van der Waals surface area contributed by atoms with E-state index < -0.39 is 24.0 Å². The molecule has 0 amide bonds. The van der Waals surface area contributed by atoms with Gasteiger partial charge in [-0.15, -0.1) is 0 Å². The van der Waals surface area contributed by atoms with E-state index in [9.17, 15) is 9.59 Å². The number of aromatic hydroxyl groups is 1. The highest BCUT2D eigenvalue weighted by molar-refractivity contribution is 5.74. The third kappa shape index (κ3) is 7.75. The molecule has 2 aromatic rings. The smallest absolute Gasteiger partial charge is 0.323 e. The second kappa shape index (κ2) is 10.8. The fraction of sp³-hybridized carbons (Fsp3) is 0.222. The number of phenols is 1. The van der Waals surface area contributed by atoms with Crippen molar-refractivity contribution < 1.29 is 30.1 Å². The second-order valence-electron chi connectivity index (χ2n) is 5.52. The summed E-state index contributed by atoms with van der Waals surface area (Å²) in [5.41, 5.74) is 8.75. The van der Waals surface area contributed by atoms with Gasteiger partial charge in [0.1, 0.15) is 17.8 Å². The molecule has 0 spiro atoms. The molecule has 7 N–H and O–H groups in total. The molecule has 0 saturated carbocycles. The average molecular weight is 362 g/mol. The van der Waals surface area contributed by atoms with Crippen molar-refractivity contribution in [3.05, 3.63) is 65.7 Å². The summed E-state index contributed by atoms with van der Waals surface area (Å²) in [6.07, 6.45) is 0.544. The number of hydrogen-bond donors (Lipinski definition) is 6. The van der Waals surface area contributed by atoms with Gasteiger partial charge in [-0.25, -0.2) is 0 Å². The summed E-state index contributed by atoms with van der Waals surface area (Å²) in [5.74, 6) is -1.92. The van der Waals surface area contributed by atoms with Crippen LogP contribution >= 0.6 is 0 Å². The van der Waals surface area contributed by atoms with Gasteiger partial charge < -0.3 is 26.3 Å². The van der Waals surface area contributed by atoms with Crippen LogP contribution in [0.3, 0.4) is 0 Å². The van der Waals surface area contributed by atoms with E-state index in [0.717, 1.165) is 11.1 Å². The number of benzene rings is 2. The van der Waals surface area contributed by atoms with Gasteiger partial charge in [-0.05, 0) is 29.7 Å². The molecule has 0 aliphatic rings. The molecule has 2 atom stereocenters. The lowest BCUT2D eigenvalue weighted by molar-refractivity contribution is -0.142. The Kier molecular flexibility index (Phi) is 8.79. The molecule has 0 aliphatic heterocycles. The summed E-state index contributed by atoms with van der Waals surface area (Å²) in [6, 6.07) is 13.6. The maximum atomic E-state index is 10.5. The third-order valence-electron chi connectivity index (χ3n) is 3.45. The van der Waals surface area contributed by atoms with Crippen molar-refractivity contribution in [1.29, 1.82) is 0 Å². The van der Waals surface area contributed by atoms with Crippen LogP contribution in [-0.2, 0) is 22.4 Å². The molecule has 2 unspecified atom stereocenters. The van der Waals surface area contributed by atoms with Crippen molar-refractivity contribution >= 4 is 11.9 Å². The highest BCUT2D eigenvalue weighted by Crippen LogP contribution is 2.10. The monoisotopic (exact) mass is 362 g/mol. The molecule has 0 saturated heterocycles. The fourth-order valence-electron chi connectivity index (χ4n) is 2.01. The van der Waals surface area contributed by atoms with Crippen LogP contribution in [0.1, 0.15) is 11.1 Å². The van der Waals surface area contributed by atoms with Gasteiger partial charge in [-0.3, -0.25) is 9.59 Å². The van der Waals surface area contributed by atoms with E-state index in [1.54, 1.807) is 17.6 Å². The first-order valence-corrected chi connectivity index (χ1v) is 7.76. The minimum absolute atomic E-state index is 0.160. The van der Waals surface area contributed by atoms with Gasteiger partial charge in [0.15, 0.2) is 0 Å². The third-order valence-corrected chi connectivity index (χ3v) is 3.45. The van der Waals surface area contributed by atoms with E-state index in [4.69, 9.17) is 26.3 Å². The van der Waals surface area contributed by atoms with E-state index >= 15 is 0 Å². The van der Waals surface area contributed by atoms with Crippen molar-refractivity contribution in [2.24, 2.45) is 5.73 Å². The number of nitrogens with two attached hydrogens (primary N) is 1. The van der Waals surface area contributed by atoms with Crippen molar-refractivity contribution in [3.8, 4) is 5.75 Å². The molecule has 0 radical (unpaired) electrons. The number of phenolic OH excluding ortho intramolecular Hbond substituents is 1. The van der Waals surface area contributed by atoms with Crippen molar-refractivity contribution in [1.82, 2.24) is 5.48 Å². The maximum Gasteiger partial charge on any atom is 0.323 e. The van der Waals surface area contributed by atoms with Gasteiger partial charge >= 0.3 is 11.9 Å². The number of aliphatic carboxylic acids is 2. The van der Waals surface area contributed by atoms with Crippen molar-refractivity contribution in [3.63, 3.8) is 0 Å². The number of carboxylic acid groups (broad SMARTS) is 2. The van der Waals surface area contributed by atoms with Crippen LogP contribution in [0.25, 0.3) is 0 Å². The molecular formula is C18H22N2O6. The first kappa shape index (κ1) is 21.1. The van der Waals surface area contributed by atoms with Crippen LogP contribution in [0.2, 0.25) is 0 Å². The lowest BCUT2D eigenvalue weighted by atomic mass is 10.1. The van der Waals surface area contributed by atoms with Crippen molar-refractivity contribution in [2.75, 3.05) is 0 Å². The van der Waals surface area contributed by atoms with E-state index in [2.05, 4.69) is 0 Å². The van der Waals surface area contributed by atoms with Crippen LogP contribution < -0.4 is 11.2 Å². The van der Waals surface area contributed by atoms with E-state index in [0.29, 0.717) is 0 Å². The molecule has 2 rings (SSSR count). The first-order valence-electron chi connectivity index (χ1n) is 7.76. The van der Waals surface area contributed by atoms with Crippen LogP contribution in [-0.4, -0.2) is 44.5 Å². The number of hydrogen-bond acceptors (Lipinski definition) is 6. The average Bonchev–Trinajstić information content (AvgIpc) is 2.62. The SMILES string of the molecule is NC(Cc1ccc(O)cc1)C(=O)O.O=C(O)C(Cc1ccccc1)NO. The topological polar surface area (TPSA) is 153 Å². The highest BCUT2D eigenvalue weighted by atomic mass is 16.5. The summed E-state index contributed by atoms with van der Waals surface area (Å²) in [5, 5.41) is 34.6. The number of hydroxylamine groups is 1. The first-order chi connectivity index (χ1) is 12.3. The van der Waals surface area contributed by atoms with Crippen molar-refractivity contribution in [2.45, 2.75) is 24.9 Å². The standard InChI is InChI=1S/2C9H11NO3/c10-8(9(12)13)5-6-1-3-7(11)4-2-6;11-9(12)8(10-13)6-7-4-2-1-3-5-7/h1-4,8,11H,5,10H2,(H,12,13);1-5,8,10,13H,6H2,(H,11,12). The molecule has 0 bridgehead atoms. The zero-order chi connectivity index (χ0) is 19.5. The number of carbonyl (C=O) groups is 2. The van der Waals surface area contributed by atoms with E-state index in [1.165, 1.54) is 12.1 Å². The van der Waals surface area contributed by atoms with Crippen LogP contribution in [0.4, 0.5) is 0 Å². The molecule has 8 nitrogen and oxygen atoms in total. The van der Waals surface area contributed by atoms with Crippen LogP contribution in [0.5, 0.6) is 5.75 Å². The molecule has 0 heterocycles. The van der Waals surface area contributed by atoms with Gasteiger partial charge in [0, 0.05) is 6.42 Å². The Bertz CT molecular complexity index is 691. The van der Waals surface area contributed by atoms with Gasteiger partial charge in [-0.2, -0.15) is 5.48 Å². The van der Waals surface area contributed by atoms with E-state index in [1.807, 2.05) is 30.3 Å². The quantitative estimate of drug-likeness (QED) is 0.399. The summed E-state index contributed by atoms with van der Waals surface area (Å²) < 4.78 is 0. The maximum absolute atomic E-state index is 10.5. The fourth-order valence-corrected chi connectivity index (χ4v) is 2.01. The van der Waals surface area contributed by atoms with Gasteiger partial charge in [-0.1, -0.05) is 42.5 Å². The zero-order valence-corrected chi connectivity index (χ0v) is 13.9. The number of nitrogens with one attached hydrogen (secondary N) is 1.